The minimum absolute atomic E-state index is 0.0864. The SMILES string of the molecule is CCCC(CCC)C(=O)Nc1ccn([C@@H]2S[C@H](COP=O)[C@@H](Oc3ccccc3O)[C@@H]2F)c(=O)n1. The number of rotatable bonds is 12. The van der Waals surface area contributed by atoms with Crippen LogP contribution in [0.3, 0.4) is 0 Å². The molecule has 1 aliphatic rings. The summed E-state index contributed by atoms with van der Waals surface area (Å²) in [6.45, 7) is 3.91. The summed E-state index contributed by atoms with van der Waals surface area (Å²) >= 11 is 1.08. The first-order valence-electron chi connectivity index (χ1n) is 11.5. The Morgan fingerprint density at radius 1 is 1.29 bits per heavy atom. The molecule has 3 rings (SSSR count). The summed E-state index contributed by atoms with van der Waals surface area (Å²) in [7, 11) is -0.562. The maximum absolute atomic E-state index is 15.6. The van der Waals surface area contributed by atoms with Gasteiger partial charge in [-0.15, -0.1) is 11.8 Å². The molecule has 2 heterocycles. The lowest BCUT2D eigenvalue weighted by Crippen LogP contribution is -2.37. The maximum Gasteiger partial charge on any atom is 0.350 e. The van der Waals surface area contributed by atoms with E-state index in [1.54, 1.807) is 12.1 Å². The Balaban J connectivity index is 1.79. The summed E-state index contributed by atoms with van der Waals surface area (Å²) < 4.78 is 38.2. The monoisotopic (exact) mass is 525 g/mol. The van der Waals surface area contributed by atoms with Crippen molar-refractivity contribution < 1.29 is 28.1 Å². The summed E-state index contributed by atoms with van der Waals surface area (Å²) in [5.41, 5.74) is -0.727. The number of carbonyl (C=O) groups is 1. The number of hydrogen-bond acceptors (Lipinski definition) is 8. The molecule has 1 aromatic heterocycles. The van der Waals surface area contributed by atoms with Crippen LogP contribution in [0.2, 0.25) is 0 Å². The average Bonchev–Trinajstić information content (AvgIpc) is 3.14. The van der Waals surface area contributed by atoms with Gasteiger partial charge in [0.25, 0.3) is 0 Å². The summed E-state index contributed by atoms with van der Waals surface area (Å²) in [5, 5.41) is 11.1. The number of amides is 1. The van der Waals surface area contributed by atoms with Crippen molar-refractivity contribution in [3.8, 4) is 11.5 Å². The molecule has 0 saturated carbocycles. The van der Waals surface area contributed by atoms with Crippen molar-refractivity contribution in [1.29, 1.82) is 0 Å². The number of ether oxygens (including phenoxy) is 1. The van der Waals surface area contributed by atoms with Crippen LogP contribution in [-0.4, -0.2) is 44.7 Å². The number of thioether (sulfide) groups is 1. The maximum atomic E-state index is 15.6. The molecule has 0 bridgehead atoms. The number of alkyl halides is 1. The summed E-state index contributed by atoms with van der Waals surface area (Å²) in [6.07, 6.45) is 1.84. The number of para-hydroxylation sites is 2. The topological polar surface area (TPSA) is 120 Å². The van der Waals surface area contributed by atoms with E-state index in [-0.39, 0.29) is 35.7 Å². The van der Waals surface area contributed by atoms with Gasteiger partial charge < -0.3 is 15.2 Å². The van der Waals surface area contributed by atoms with E-state index >= 15 is 4.39 Å². The van der Waals surface area contributed by atoms with Crippen LogP contribution < -0.4 is 15.7 Å². The first-order chi connectivity index (χ1) is 16.9. The molecular weight excluding hydrogens is 496 g/mol. The number of phenolic OH excluding ortho intramolecular Hbond substituents is 1. The normalized spacial score (nSPS) is 21.9. The molecule has 0 unspecified atom stereocenters. The second-order valence-corrected chi connectivity index (χ2v) is 9.96. The molecule has 0 spiro atoms. The molecule has 1 aliphatic heterocycles. The Morgan fingerprint density at radius 3 is 2.63 bits per heavy atom. The number of nitrogens with zero attached hydrogens (tertiary/aromatic N) is 2. The number of nitrogens with one attached hydrogen (secondary N) is 1. The van der Waals surface area contributed by atoms with Crippen molar-refractivity contribution >= 4 is 32.2 Å². The average molecular weight is 526 g/mol. The smallest absolute Gasteiger partial charge is 0.350 e. The molecule has 4 atom stereocenters. The van der Waals surface area contributed by atoms with Gasteiger partial charge in [-0.3, -0.25) is 13.9 Å². The highest BCUT2D eigenvalue weighted by Gasteiger charge is 2.48. The zero-order valence-corrected chi connectivity index (χ0v) is 21.2. The van der Waals surface area contributed by atoms with Crippen LogP contribution in [0.5, 0.6) is 11.5 Å². The summed E-state index contributed by atoms with van der Waals surface area (Å²) in [4.78, 5) is 29.3. The first-order valence-corrected chi connectivity index (χ1v) is 13.2. The molecule has 0 aliphatic carbocycles. The van der Waals surface area contributed by atoms with E-state index in [9.17, 15) is 19.3 Å². The number of benzene rings is 1. The van der Waals surface area contributed by atoms with Crippen LogP contribution in [0.4, 0.5) is 10.2 Å². The zero-order chi connectivity index (χ0) is 25.4. The van der Waals surface area contributed by atoms with E-state index in [4.69, 9.17) is 9.26 Å². The minimum atomic E-state index is -1.67. The van der Waals surface area contributed by atoms with E-state index in [1.165, 1.54) is 24.4 Å². The number of aromatic nitrogens is 2. The largest absolute Gasteiger partial charge is 0.504 e. The van der Waals surface area contributed by atoms with Crippen LogP contribution in [0, 0.1) is 5.92 Å². The number of anilines is 1. The Bertz CT molecular complexity index is 1070. The number of carbonyl (C=O) groups excluding carboxylic acids is 1. The quantitative estimate of drug-likeness (QED) is 0.382. The Labute approximate surface area is 208 Å². The third-order valence-electron chi connectivity index (χ3n) is 5.69. The van der Waals surface area contributed by atoms with Gasteiger partial charge in [-0.2, -0.15) is 4.98 Å². The number of aromatic hydroxyl groups is 1. The number of phenols is 1. The third kappa shape index (κ3) is 6.80. The molecule has 9 nitrogen and oxygen atoms in total. The Kier molecular flexibility index (Phi) is 10.1. The fraction of sp³-hybridized carbons (Fsp3) is 0.522. The predicted molar refractivity (Wildman–Crippen MR) is 132 cm³/mol. The fourth-order valence-electron chi connectivity index (χ4n) is 4.01. The fourth-order valence-corrected chi connectivity index (χ4v) is 5.79. The van der Waals surface area contributed by atoms with Gasteiger partial charge in [-0.1, -0.05) is 38.8 Å². The van der Waals surface area contributed by atoms with Gasteiger partial charge in [0.15, 0.2) is 17.7 Å². The van der Waals surface area contributed by atoms with Gasteiger partial charge in [0.05, 0.1) is 11.9 Å². The molecule has 35 heavy (non-hydrogen) atoms. The van der Waals surface area contributed by atoms with Gasteiger partial charge >= 0.3 is 14.4 Å². The molecule has 0 radical (unpaired) electrons. The minimum Gasteiger partial charge on any atom is -0.504 e. The van der Waals surface area contributed by atoms with Crippen LogP contribution in [-0.2, 0) is 13.9 Å². The molecule has 12 heteroatoms. The zero-order valence-electron chi connectivity index (χ0n) is 19.5. The Morgan fingerprint density at radius 2 is 2.00 bits per heavy atom. The van der Waals surface area contributed by atoms with E-state index in [0.29, 0.717) is 0 Å². The van der Waals surface area contributed by atoms with E-state index < -0.39 is 37.3 Å². The van der Waals surface area contributed by atoms with Gasteiger partial charge in [0, 0.05) is 12.1 Å². The molecule has 2 N–H and O–H groups in total. The van der Waals surface area contributed by atoms with Crippen molar-refractivity contribution in [1.82, 2.24) is 9.55 Å². The van der Waals surface area contributed by atoms with Crippen molar-refractivity contribution in [3.63, 3.8) is 0 Å². The molecule has 190 valence electrons. The number of hydrogen-bond donors (Lipinski definition) is 2. The first kappa shape index (κ1) is 27.1. The molecular formula is C23H29FN3O6PS. The predicted octanol–water partition coefficient (Wildman–Crippen LogP) is 4.73. The van der Waals surface area contributed by atoms with E-state index in [2.05, 4.69) is 10.3 Å². The van der Waals surface area contributed by atoms with Gasteiger partial charge in [0.2, 0.25) is 5.91 Å². The highest BCUT2D eigenvalue weighted by atomic mass is 32.2. The van der Waals surface area contributed by atoms with Gasteiger partial charge in [-0.05, 0) is 31.0 Å². The third-order valence-corrected chi connectivity index (χ3v) is 7.46. The molecule has 1 fully saturated rings. The second kappa shape index (κ2) is 13.0. The molecule has 1 saturated heterocycles. The standard InChI is InChI=1S/C23H29FN3O6PS/c1-3-7-14(8-4-2)21(29)25-18-11-12-27(23(30)26-18)22-19(24)20(17(35-22)13-32-34-31)33-16-10-6-5-9-15(16)28/h5-6,9-12,14,17,19-20,22,28H,3-4,7-8,13H2,1-2H3,(H,25,26,29,30)/t17-,19+,20-,22-/m1/s1. The van der Waals surface area contributed by atoms with Crippen LogP contribution >= 0.6 is 20.4 Å². The van der Waals surface area contributed by atoms with Crippen molar-refractivity contribution in [2.75, 3.05) is 11.9 Å². The Hall–Kier alpha value is -2.49. The lowest BCUT2D eigenvalue weighted by atomic mass is 9.97. The van der Waals surface area contributed by atoms with Crippen molar-refractivity contribution in [2.24, 2.45) is 5.92 Å². The summed E-state index contributed by atoms with van der Waals surface area (Å²) in [5.74, 6) is -0.314. The van der Waals surface area contributed by atoms with Gasteiger partial charge in [-0.25, -0.2) is 13.8 Å². The molecule has 1 aromatic carbocycles. The molecule has 2 aromatic rings. The van der Waals surface area contributed by atoms with Gasteiger partial charge in [0.1, 0.15) is 17.3 Å². The van der Waals surface area contributed by atoms with Crippen LogP contribution in [0.25, 0.3) is 0 Å². The van der Waals surface area contributed by atoms with Crippen LogP contribution in [0.15, 0.2) is 41.3 Å². The highest BCUT2D eigenvalue weighted by molar-refractivity contribution is 8.00. The van der Waals surface area contributed by atoms with Crippen LogP contribution in [0.1, 0.15) is 44.9 Å². The highest BCUT2D eigenvalue weighted by Crippen LogP contribution is 2.45. The summed E-state index contributed by atoms with van der Waals surface area (Å²) in [6, 6.07) is 7.62. The number of halogens is 1. The van der Waals surface area contributed by atoms with E-state index in [1.807, 2.05) is 13.8 Å². The lowest BCUT2D eigenvalue weighted by Gasteiger charge is -2.22. The van der Waals surface area contributed by atoms with Crippen molar-refractivity contribution in [3.05, 3.63) is 47.0 Å². The van der Waals surface area contributed by atoms with Crippen molar-refractivity contribution in [2.45, 2.75) is 62.4 Å². The lowest BCUT2D eigenvalue weighted by molar-refractivity contribution is -0.120. The molecule has 1 amide bonds. The second-order valence-electron chi connectivity index (χ2n) is 8.20. The van der Waals surface area contributed by atoms with E-state index in [0.717, 1.165) is 42.0 Å².